The average molecular weight is 473 g/mol. The zero-order valence-corrected chi connectivity index (χ0v) is 18.4. The maximum Gasteiger partial charge on any atom is 0.243 e. The van der Waals surface area contributed by atoms with Gasteiger partial charge in [0.1, 0.15) is 0 Å². The number of anilines is 1. The van der Waals surface area contributed by atoms with Crippen molar-refractivity contribution in [1.82, 2.24) is 15.6 Å². The smallest absolute Gasteiger partial charge is 0.243 e. The third-order valence-corrected chi connectivity index (χ3v) is 4.72. The number of nitrogens with one attached hydrogen (secondary N) is 3. The van der Waals surface area contributed by atoms with Crippen molar-refractivity contribution in [3.05, 3.63) is 24.5 Å². The predicted octanol–water partition coefficient (Wildman–Crippen LogP) is 3.41. The van der Waals surface area contributed by atoms with Gasteiger partial charge in [-0.15, -0.1) is 24.0 Å². The van der Waals surface area contributed by atoms with E-state index in [1.165, 1.54) is 32.1 Å². The van der Waals surface area contributed by atoms with Crippen LogP contribution in [0.3, 0.4) is 0 Å². The molecule has 3 N–H and O–H groups in total. The van der Waals surface area contributed by atoms with Gasteiger partial charge in [-0.2, -0.15) is 0 Å². The van der Waals surface area contributed by atoms with Crippen molar-refractivity contribution < 1.29 is 4.79 Å². The molecule has 6 nitrogen and oxygen atoms in total. The monoisotopic (exact) mass is 473 g/mol. The molecule has 0 bridgehead atoms. The van der Waals surface area contributed by atoms with Crippen LogP contribution in [0.25, 0.3) is 0 Å². The van der Waals surface area contributed by atoms with Gasteiger partial charge < -0.3 is 16.0 Å². The summed E-state index contributed by atoms with van der Waals surface area (Å²) < 4.78 is 0. The van der Waals surface area contributed by atoms with Gasteiger partial charge in [-0.25, -0.2) is 0 Å². The number of amides is 1. The van der Waals surface area contributed by atoms with Crippen LogP contribution in [0.4, 0.5) is 5.69 Å². The number of aromatic nitrogens is 1. The molecule has 7 heteroatoms. The summed E-state index contributed by atoms with van der Waals surface area (Å²) in [6, 6.07) is 3.60. The Bertz CT molecular complexity index is 571. The van der Waals surface area contributed by atoms with Crippen LogP contribution in [0.15, 0.2) is 29.5 Å². The van der Waals surface area contributed by atoms with E-state index in [-0.39, 0.29) is 36.4 Å². The van der Waals surface area contributed by atoms with Gasteiger partial charge in [-0.05, 0) is 42.7 Å². The number of pyridine rings is 1. The Labute approximate surface area is 174 Å². The SMILES string of the molecule is CN=C(NCC(=O)Nc1cccnc1)NCC1(CC(C)C)CCCC1.I. The number of hydrogen-bond acceptors (Lipinski definition) is 3. The maximum atomic E-state index is 12.0. The summed E-state index contributed by atoms with van der Waals surface area (Å²) in [6.45, 7) is 5.66. The van der Waals surface area contributed by atoms with Gasteiger partial charge in [0.05, 0.1) is 18.4 Å². The lowest BCUT2D eigenvalue weighted by atomic mass is 9.78. The Morgan fingerprint density at radius 2 is 2.04 bits per heavy atom. The van der Waals surface area contributed by atoms with Gasteiger partial charge in [-0.1, -0.05) is 26.7 Å². The highest BCUT2D eigenvalue weighted by atomic mass is 127. The summed E-state index contributed by atoms with van der Waals surface area (Å²) in [5.41, 5.74) is 1.06. The summed E-state index contributed by atoms with van der Waals surface area (Å²) >= 11 is 0. The lowest BCUT2D eigenvalue weighted by molar-refractivity contribution is -0.115. The second-order valence-corrected chi connectivity index (χ2v) is 7.37. The van der Waals surface area contributed by atoms with E-state index < -0.39 is 0 Å². The minimum atomic E-state index is -0.117. The van der Waals surface area contributed by atoms with Gasteiger partial charge in [0.2, 0.25) is 5.91 Å². The quantitative estimate of drug-likeness (QED) is 0.322. The van der Waals surface area contributed by atoms with Crippen LogP contribution in [0.2, 0.25) is 0 Å². The van der Waals surface area contributed by atoms with Gasteiger partial charge in [0, 0.05) is 19.8 Å². The molecule has 0 radical (unpaired) electrons. The Morgan fingerprint density at radius 3 is 2.62 bits per heavy atom. The second-order valence-electron chi connectivity index (χ2n) is 7.37. The number of carbonyl (C=O) groups is 1. The summed E-state index contributed by atoms with van der Waals surface area (Å²) in [6.07, 6.45) is 9.71. The number of carbonyl (C=O) groups excluding carboxylic acids is 1. The van der Waals surface area contributed by atoms with Gasteiger partial charge in [-0.3, -0.25) is 14.8 Å². The zero-order chi connectivity index (χ0) is 18.1. The van der Waals surface area contributed by atoms with Gasteiger partial charge >= 0.3 is 0 Å². The van der Waals surface area contributed by atoms with Crippen LogP contribution in [-0.4, -0.2) is 37.0 Å². The fourth-order valence-electron chi connectivity index (χ4n) is 3.74. The fourth-order valence-corrected chi connectivity index (χ4v) is 3.74. The highest BCUT2D eigenvalue weighted by Gasteiger charge is 2.34. The molecule has 146 valence electrons. The van der Waals surface area contributed by atoms with Crippen molar-refractivity contribution in [3.8, 4) is 0 Å². The third kappa shape index (κ3) is 7.47. The molecule has 0 spiro atoms. The Morgan fingerprint density at radius 1 is 1.31 bits per heavy atom. The normalized spacial score (nSPS) is 16.1. The average Bonchev–Trinajstić information content (AvgIpc) is 3.04. The standard InChI is InChI=1S/C19H31N5O.HI/c1-15(2)11-19(8-4-5-9-19)14-23-18(20-3)22-13-17(25)24-16-7-6-10-21-12-16;/h6-7,10,12,15H,4-5,8-9,11,13-14H2,1-3H3,(H,24,25)(H2,20,22,23);1H. The van der Waals surface area contributed by atoms with E-state index in [1.807, 2.05) is 6.07 Å². The maximum absolute atomic E-state index is 12.0. The van der Waals surface area contributed by atoms with Crippen LogP contribution >= 0.6 is 24.0 Å². The molecular formula is C19H32IN5O. The van der Waals surface area contributed by atoms with Crippen LogP contribution in [0.5, 0.6) is 0 Å². The van der Waals surface area contributed by atoms with Crippen molar-refractivity contribution in [1.29, 1.82) is 0 Å². The van der Waals surface area contributed by atoms with E-state index in [1.54, 1.807) is 25.5 Å². The minimum Gasteiger partial charge on any atom is -0.356 e. The molecule has 1 fully saturated rings. The Hall–Kier alpha value is -1.38. The summed E-state index contributed by atoms with van der Waals surface area (Å²) in [7, 11) is 1.73. The molecule has 1 aromatic heterocycles. The van der Waals surface area contributed by atoms with Crippen molar-refractivity contribution in [2.24, 2.45) is 16.3 Å². The first-order valence-corrected chi connectivity index (χ1v) is 9.17. The number of halogens is 1. The van der Waals surface area contributed by atoms with E-state index in [0.717, 1.165) is 6.54 Å². The molecule has 0 atom stereocenters. The van der Waals surface area contributed by atoms with E-state index in [4.69, 9.17) is 0 Å². The second kappa shape index (κ2) is 11.4. The van der Waals surface area contributed by atoms with Crippen LogP contribution < -0.4 is 16.0 Å². The third-order valence-electron chi connectivity index (χ3n) is 4.72. The molecular weight excluding hydrogens is 441 g/mol. The Kier molecular flexibility index (Phi) is 9.90. The van der Waals surface area contributed by atoms with Gasteiger partial charge in [0.15, 0.2) is 5.96 Å². The number of rotatable bonds is 7. The lowest BCUT2D eigenvalue weighted by Gasteiger charge is -2.31. The molecule has 1 aliphatic carbocycles. The number of aliphatic imine (C=N–C) groups is 1. The van der Waals surface area contributed by atoms with Crippen LogP contribution in [-0.2, 0) is 4.79 Å². The Balaban J connectivity index is 0.00000338. The largest absolute Gasteiger partial charge is 0.356 e. The first kappa shape index (κ1) is 22.7. The van der Waals surface area contributed by atoms with E-state index in [0.29, 0.717) is 23.0 Å². The molecule has 1 heterocycles. The molecule has 26 heavy (non-hydrogen) atoms. The number of nitrogens with zero attached hydrogens (tertiary/aromatic N) is 2. The van der Waals surface area contributed by atoms with Crippen molar-refractivity contribution in [2.45, 2.75) is 46.0 Å². The van der Waals surface area contributed by atoms with Gasteiger partial charge in [0.25, 0.3) is 0 Å². The summed E-state index contributed by atoms with van der Waals surface area (Å²) in [5, 5.41) is 9.32. The molecule has 0 saturated heterocycles. The van der Waals surface area contributed by atoms with Crippen molar-refractivity contribution >= 4 is 41.5 Å². The summed E-state index contributed by atoms with van der Waals surface area (Å²) in [4.78, 5) is 20.2. The van der Waals surface area contributed by atoms with E-state index >= 15 is 0 Å². The molecule has 1 amide bonds. The number of hydrogen-bond donors (Lipinski definition) is 3. The van der Waals surface area contributed by atoms with Crippen LogP contribution in [0.1, 0.15) is 46.0 Å². The van der Waals surface area contributed by atoms with E-state index in [9.17, 15) is 4.79 Å². The molecule has 0 unspecified atom stereocenters. The molecule has 1 saturated carbocycles. The van der Waals surface area contributed by atoms with Crippen molar-refractivity contribution in [3.63, 3.8) is 0 Å². The first-order chi connectivity index (χ1) is 12.0. The lowest BCUT2D eigenvalue weighted by Crippen LogP contribution is -2.45. The highest BCUT2D eigenvalue weighted by Crippen LogP contribution is 2.42. The molecule has 0 aliphatic heterocycles. The minimum absolute atomic E-state index is 0. The zero-order valence-electron chi connectivity index (χ0n) is 16.0. The first-order valence-electron chi connectivity index (χ1n) is 9.17. The molecule has 1 aromatic rings. The highest BCUT2D eigenvalue weighted by molar-refractivity contribution is 14.0. The topological polar surface area (TPSA) is 78.4 Å². The predicted molar refractivity (Wildman–Crippen MR) is 118 cm³/mol. The fraction of sp³-hybridized carbons (Fsp3) is 0.632. The van der Waals surface area contributed by atoms with E-state index in [2.05, 4.69) is 39.8 Å². The van der Waals surface area contributed by atoms with Crippen LogP contribution in [0, 0.1) is 11.3 Å². The molecule has 2 rings (SSSR count). The molecule has 0 aromatic carbocycles. The van der Waals surface area contributed by atoms with Crippen molar-refractivity contribution in [2.75, 3.05) is 25.5 Å². The summed E-state index contributed by atoms with van der Waals surface area (Å²) in [5.74, 6) is 1.25. The number of guanidine groups is 1. The molecule has 1 aliphatic rings.